The molecule has 1 aromatic heterocycles. The highest BCUT2D eigenvalue weighted by atomic mass is 35.5. The van der Waals surface area contributed by atoms with Crippen molar-refractivity contribution in [1.82, 2.24) is 4.98 Å². The van der Waals surface area contributed by atoms with Gasteiger partial charge in [-0.3, -0.25) is 10.1 Å². The van der Waals surface area contributed by atoms with Crippen LogP contribution in [0.15, 0.2) is 78.2 Å². The van der Waals surface area contributed by atoms with Gasteiger partial charge in [-0.25, -0.2) is 4.98 Å². The van der Waals surface area contributed by atoms with E-state index in [0.29, 0.717) is 10.2 Å². The number of thiazole rings is 1. The van der Waals surface area contributed by atoms with Crippen molar-refractivity contribution in [1.29, 1.82) is 0 Å². The number of hydrogen-bond acceptors (Lipinski definition) is 3. The molecular weight excluding hydrogens is 376 g/mol. The van der Waals surface area contributed by atoms with Gasteiger partial charge in [-0.2, -0.15) is 0 Å². The van der Waals surface area contributed by atoms with Crippen molar-refractivity contribution < 1.29 is 4.79 Å². The van der Waals surface area contributed by atoms with E-state index in [9.17, 15) is 4.79 Å². The van der Waals surface area contributed by atoms with Gasteiger partial charge in [0, 0.05) is 22.0 Å². The number of halogens is 1. The quantitative estimate of drug-likeness (QED) is 0.417. The zero-order chi connectivity index (χ0) is 18.6. The third-order valence-electron chi connectivity index (χ3n) is 4.08. The van der Waals surface area contributed by atoms with Crippen LogP contribution in [0.1, 0.15) is 5.56 Å². The second-order valence-electron chi connectivity index (χ2n) is 5.94. The van der Waals surface area contributed by atoms with E-state index in [1.807, 2.05) is 41.8 Å². The average molecular weight is 391 g/mol. The Hall–Kier alpha value is -2.95. The summed E-state index contributed by atoms with van der Waals surface area (Å²) in [6.07, 6.45) is 3.20. The molecule has 0 atom stereocenters. The van der Waals surface area contributed by atoms with Gasteiger partial charge in [0.05, 0.1) is 5.69 Å². The fraction of sp³-hybridized carbons (Fsp3) is 0. The normalized spacial score (nSPS) is 11.1. The number of fused-ring (bicyclic) bond motifs is 1. The van der Waals surface area contributed by atoms with Crippen LogP contribution < -0.4 is 5.32 Å². The van der Waals surface area contributed by atoms with Gasteiger partial charge in [0.15, 0.2) is 5.13 Å². The number of carbonyl (C=O) groups is 1. The molecule has 4 aromatic rings. The molecule has 0 spiro atoms. The molecule has 132 valence electrons. The first-order valence-corrected chi connectivity index (χ1v) is 9.63. The lowest BCUT2D eigenvalue weighted by Crippen LogP contribution is -2.07. The standard InChI is InChI=1S/C22H15ClN2OS/c23-17-8-3-5-15(13-17)11-12-21(26)25-22-24-20(14-27-22)19-10-4-7-16-6-1-2-9-18(16)19/h1-14H,(H,24,25,26)/b12-11+. The monoisotopic (exact) mass is 390 g/mol. The lowest BCUT2D eigenvalue weighted by Gasteiger charge is -2.03. The van der Waals surface area contributed by atoms with E-state index in [-0.39, 0.29) is 5.91 Å². The van der Waals surface area contributed by atoms with Crippen molar-refractivity contribution in [2.75, 3.05) is 5.32 Å². The summed E-state index contributed by atoms with van der Waals surface area (Å²) in [4.78, 5) is 16.7. The molecule has 1 heterocycles. The zero-order valence-electron chi connectivity index (χ0n) is 14.2. The summed E-state index contributed by atoms with van der Waals surface area (Å²) in [6.45, 7) is 0. The maximum absolute atomic E-state index is 12.2. The number of anilines is 1. The maximum Gasteiger partial charge on any atom is 0.250 e. The van der Waals surface area contributed by atoms with Gasteiger partial charge in [0.1, 0.15) is 0 Å². The Balaban J connectivity index is 1.52. The lowest BCUT2D eigenvalue weighted by atomic mass is 10.0. The van der Waals surface area contributed by atoms with Crippen LogP contribution in [-0.4, -0.2) is 10.9 Å². The Morgan fingerprint density at radius 1 is 1.04 bits per heavy atom. The van der Waals surface area contributed by atoms with Crippen molar-refractivity contribution in [3.05, 3.63) is 88.8 Å². The van der Waals surface area contributed by atoms with Crippen LogP contribution in [0, 0.1) is 0 Å². The molecule has 0 saturated heterocycles. The number of nitrogens with one attached hydrogen (secondary N) is 1. The number of amides is 1. The van der Waals surface area contributed by atoms with E-state index in [4.69, 9.17) is 11.6 Å². The second-order valence-corrected chi connectivity index (χ2v) is 7.24. The molecule has 4 rings (SSSR count). The molecular formula is C22H15ClN2OS. The molecule has 0 saturated carbocycles. The summed E-state index contributed by atoms with van der Waals surface area (Å²) in [7, 11) is 0. The fourth-order valence-corrected chi connectivity index (χ4v) is 3.75. The van der Waals surface area contributed by atoms with Crippen molar-refractivity contribution in [2.45, 2.75) is 0 Å². The van der Waals surface area contributed by atoms with Gasteiger partial charge in [0.2, 0.25) is 5.91 Å². The minimum absolute atomic E-state index is 0.228. The molecule has 0 aliphatic rings. The predicted octanol–water partition coefficient (Wildman–Crippen LogP) is 6.27. The van der Waals surface area contributed by atoms with Crippen LogP contribution >= 0.6 is 22.9 Å². The largest absolute Gasteiger partial charge is 0.298 e. The van der Waals surface area contributed by atoms with E-state index in [2.05, 4.69) is 28.5 Å². The van der Waals surface area contributed by atoms with E-state index >= 15 is 0 Å². The molecule has 0 fully saturated rings. The summed E-state index contributed by atoms with van der Waals surface area (Å²) in [5.74, 6) is -0.228. The highest BCUT2D eigenvalue weighted by Crippen LogP contribution is 2.30. The molecule has 0 radical (unpaired) electrons. The van der Waals surface area contributed by atoms with E-state index in [0.717, 1.165) is 27.6 Å². The van der Waals surface area contributed by atoms with Crippen molar-refractivity contribution >= 4 is 50.8 Å². The van der Waals surface area contributed by atoms with Gasteiger partial charge in [-0.05, 0) is 34.5 Å². The lowest BCUT2D eigenvalue weighted by molar-refractivity contribution is -0.111. The molecule has 3 nitrogen and oxygen atoms in total. The Labute approximate surface area is 166 Å². The number of nitrogens with zero attached hydrogens (tertiary/aromatic N) is 1. The van der Waals surface area contributed by atoms with Gasteiger partial charge < -0.3 is 0 Å². The van der Waals surface area contributed by atoms with E-state index < -0.39 is 0 Å². The van der Waals surface area contributed by atoms with Crippen LogP contribution in [0.2, 0.25) is 5.02 Å². The molecule has 5 heteroatoms. The van der Waals surface area contributed by atoms with Crippen LogP contribution in [-0.2, 0) is 4.79 Å². The molecule has 0 unspecified atom stereocenters. The topological polar surface area (TPSA) is 42.0 Å². The van der Waals surface area contributed by atoms with Gasteiger partial charge in [0.25, 0.3) is 0 Å². The molecule has 3 aromatic carbocycles. The Morgan fingerprint density at radius 2 is 1.85 bits per heavy atom. The first kappa shape index (κ1) is 17.5. The van der Waals surface area contributed by atoms with Crippen molar-refractivity contribution in [3.8, 4) is 11.3 Å². The molecule has 0 bridgehead atoms. The summed E-state index contributed by atoms with van der Waals surface area (Å²) < 4.78 is 0. The third-order valence-corrected chi connectivity index (χ3v) is 5.07. The van der Waals surface area contributed by atoms with Crippen LogP contribution in [0.5, 0.6) is 0 Å². The summed E-state index contributed by atoms with van der Waals surface area (Å²) >= 11 is 7.36. The molecule has 27 heavy (non-hydrogen) atoms. The average Bonchev–Trinajstić information content (AvgIpc) is 3.14. The SMILES string of the molecule is O=C(/C=C/c1cccc(Cl)c1)Nc1nc(-c2cccc3ccccc23)cs1. The van der Waals surface area contributed by atoms with Gasteiger partial charge in [-0.15, -0.1) is 11.3 Å². The first-order valence-electron chi connectivity index (χ1n) is 8.37. The van der Waals surface area contributed by atoms with E-state index in [1.165, 1.54) is 17.4 Å². The maximum atomic E-state index is 12.2. The first-order chi connectivity index (χ1) is 13.2. The minimum Gasteiger partial charge on any atom is -0.298 e. The van der Waals surface area contributed by atoms with Crippen molar-refractivity contribution in [3.63, 3.8) is 0 Å². The Morgan fingerprint density at radius 3 is 2.74 bits per heavy atom. The molecule has 1 amide bonds. The van der Waals surface area contributed by atoms with E-state index in [1.54, 1.807) is 18.2 Å². The number of carbonyl (C=O) groups excluding carboxylic acids is 1. The summed E-state index contributed by atoms with van der Waals surface area (Å²) in [6, 6.07) is 21.7. The smallest absolute Gasteiger partial charge is 0.250 e. The number of benzene rings is 3. The number of aromatic nitrogens is 1. The van der Waals surface area contributed by atoms with Crippen LogP contribution in [0.4, 0.5) is 5.13 Å². The molecule has 0 aliphatic carbocycles. The summed E-state index contributed by atoms with van der Waals surface area (Å²) in [5.41, 5.74) is 2.78. The summed E-state index contributed by atoms with van der Waals surface area (Å²) in [5, 5.41) is 8.28. The van der Waals surface area contributed by atoms with Crippen LogP contribution in [0.3, 0.4) is 0 Å². The highest BCUT2D eigenvalue weighted by Gasteiger charge is 2.09. The highest BCUT2D eigenvalue weighted by molar-refractivity contribution is 7.14. The zero-order valence-corrected chi connectivity index (χ0v) is 15.8. The van der Waals surface area contributed by atoms with Crippen molar-refractivity contribution in [2.24, 2.45) is 0 Å². The Bertz CT molecular complexity index is 1140. The minimum atomic E-state index is -0.228. The fourth-order valence-electron chi connectivity index (χ4n) is 2.83. The van der Waals surface area contributed by atoms with Gasteiger partial charge >= 0.3 is 0 Å². The molecule has 0 aliphatic heterocycles. The molecule has 1 N–H and O–H groups in total. The Kier molecular flexibility index (Phi) is 5.01. The van der Waals surface area contributed by atoms with Gasteiger partial charge in [-0.1, -0.05) is 66.2 Å². The second kappa shape index (κ2) is 7.74. The van der Waals surface area contributed by atoms with Crippen LogP contribution in [0.25, 0.3) is 28.1 Å². The number of hydrogen-bond donors (Lipinski definition) is 1. The number of rotatable bonds is 4. The predicted molar refractivity (Wildman–Crippen MR) is 114 cm³/mol. The third kappa shape index (κ3) is 4.08.